The van der Waals surface area contributed by atoms with E-state index in [1.807, 2.05) is 26.0 Å². The Labute approximate surface area is 108 Å². The lowest BCUT2D eigenvalue weighted by molar-refractivity contribution is 0.301. The molecule has 0 spiro atoms. The first-order valence-corrected chi connectivity index (χ1v) is 6.34. The Morgan fingerprint density at radius 2 is 2.11 bits per heavy atom. The molecule has 2 rings (SSSR count). The fourth-order valence-electron chi connectivity index (χ4n) is 1.94. The molecule has 0 aliphatic heterocycles. The molecule has 1 heterocycles. The number of nitrogens with zero attached hydrogens (tertiary/aromatic N) is 1. The number of aryl methyl sites for hydroxylation is 3. The third-order valence-electron chi connectivity index (χ3n) is 3.00. The highest BCUT2D eigenvalue weighted by Crippen LogP contribution is 2.19. The summed E-state index contributed by atoms with van der Waals surface area (Å²) < 4.78 is 10.9. The van der Waals surface area contributed by atoms with Crippen LogP contribution in [0.3, 0.4) is 0 Å². The average molecular weight is 245 g/mol. The molecule has 0 aliphatic rings. The van der Waals surface area contributed by atoms with Crippen molar-refractivity contribution in [3.8, 4) is 5.75 Å². The third kappa shape index (κ3) is 2.92. The molecule has 18 heavy (non-hydrogen) atoms. The monoisotopic (exact) mass is 245 g/mol. The molecule has 0 unspecified atom stereocenters. The number of benzene rings is 1. The fourth-order valence-corrected chi connectivity index (χ4v) is 1.94. The molecule has 0 radical (unpaired) electrons. The molecule has 0 fully saturated rings. The molecule has 0 bridgehead atoms. The third-order valence-corrected chi connectivity index (χ3v) is 3.00. The molecule has 3 nitrogen and oxygen atoms in total. The van der Waals surface area contributed by atoms with E-state index in [2.05, 4.69) is 24.2 Å². The van der Waals surface area contributed by atoms with Crippen molar-refractivity contribution in [2.75, 3.05) is 0 Å². The van der Waals surface area contributed by atoms with E-state index in [9.17, 15) is 0 Å². The summed E-state index contributed by atoms with van der Waals surface area (Å²) in [5.74, 6) is 1.73. The lowest BCUT2D eigenvalue weighted by Gasteiger charge is -2.07. The van der Waals surface area contributed by atoms with Crippen molar-refractivity contribution in [1.82, 2.24) is 5.16 Å². The zero-order chi connectivity index (χ0) is 13.0. The van der Waals surface area contributed by atoms with Gasteiger partial charge in [0, 0.05) is 0 Å². The average Bonchev–Trinajstić information content (AvgIpc) is 2.68. The van der Waals surface area contributed by atoms with E-state index in [0.717, 1.165) is 35.6 Å². The summed E-state index contributed by atoms with van der Waals surface area (Å²) in [6, 6.07) is 8.25. The van der Waals surface area contributed by atoms with E-state index in [4.69, 9.17) is 9.26 Å². The molecule has 1 aromatic carbocycles. The Bertz CT molecular complexity index is 497. The summed E-state index contributed by atoms with van der Waals surface area (Å²) in [6.07, 6.45) is 2.23. The van der Waals surface area contributed by atoms with Gasteiger partial charge in [0.1, 0.15) is 18.1 Å². The minimum absolute atomic E-state index is 0.511. The van der Waals surface area contributed by atoms with Gasteiger partial charge in [0.2, 0.25) is 0 Å². The number of rotatable bonds is 5. The molecule has 0 saturated heterocycles. The molecule has 96 valence electrons. The summed E-state index contributed by atoms with van der Waals surface area (Å²) in [7, 11) is 0. The van der Waals surface area contributed by atoms with Crippen LogP contribution >= 0.6 is 0 Å². The molecular weight excluding hydrogens is 226 g/mol. The second-order valence-electron chi connectivity index (χ2n) is 4.49. The first-order chi connectivity index (χ1) is 8.70. The predicted octanol–water partition coefficient (Wildman–Crippen LogP) is 3.82. The van der Waals surface area contributed by atoms with Crippen molar-refractivity contribution in [2.24, 2.45) is 0 Å². The van der Waals surface area contributed by atoms with Crippen LogP contribution in [0.5, 0.6) is 5.75 Å². The Hall–Kier alpha value is -1.77. The summed E-state index contributed by atoms with van der Waals surface area (Å²) in [5.41, 5.74) is 3.25. The molecule has 3 heteroatoms. The quantitative estimate of drug-likeness (QED) is 0.803. The normalized spacial score (nSPS) is 10.6. The van der Waals surface area contributed by atoms with Crippen LogP contribution in [-0.4, -0.2) is 5.16 Å². The minimum Gasteiger partial charge on any atom is -0.489 e. The second kappa shape index (κ2) is 5.71. The van der Waals surface area contributed by atoms with Gasteiger partial charge < -0.3 is 9.26 Å². The summed E-state index contributed by atoms with van der Waals surface area (Å²) >= 11 is 0. The van der Waals surface area contributed by atoms with Gasteiger partial charge in [-0.05, 0) is 38.0 Å². The summed E-state index contributed by atoms with van der Waals surface area (Å²) in [4.78, 5) is 0. The first-order valence-electron chi connectivity index (χ1n) is 6.34. The Morgan fingerprint density at radius 1 is 1.28 bits per heavy atom. The van der Waals surface area contributed by atoms with Gasteiger partial charge in [-0.3, -0.25) is 0 Å². The molecule has 2 aromatic rings. The Kier molecular flexibility index (Phi) is 4.03. The van der Waals surface area contributed by atoms with E-state index in [0.29, 0.717) is 6.61 Å². The lowest BCUT2D eigenvalue weighted by Crippen LogP contribution is -1.98. The van der Waals surface area contributed by atoms with Crippen LogP contribution in [0.4, 0.5) is 0 Å². The van der Waals surface area contributed by atoms with Crippen molar-refractivity contribution >= 4 is 0 Å². The highest BCUT2D eigenvalue weighted by atomic mass is 16.5. The van der Waals surface area contributed by atoms with Crippen molar-refractivity contribution in [2.45, 2.75) is 40.2 Å². The van der Waals surface area contributed by atoms with Crippen LogP contribution in [0.25, 0.3) is 0 Å². The highest BCUT2D eigenvalue weighted by Gasteiger charge is 2.09. The Morgan fingerprint density at radius 3 is 2.78 bits per heavy atom. The van der Waals surface area contributed by atoms with Gasteiger partial charge in [-0.25, -0.2) is 0 Å². The second-order valence-corrected chi connectivity index (χ2v) is 4.49. The van der Waals surface area contributed by atoms with Crippen LogP contribution < -0.4 is 4.74 Å². The maximum Gasteiger partial charge on any atom is 0.140 e. The van der Waals surface area contributed by atoms with Gasteiger partial charge in [0.15, 0.2) is 0 Å². The molecule has 0 saturated carbocycles. The largest absolute Gasteiger partial charge is 0.489 e. The van der Waals surface area contributed by atoms with Crippen molar-refractivity contribution in [3.63, 3.8) is 0 Å². The molecule has 0 amide bonds. The predicted molar refractivity (Wildman–Crippen MR) is 70.7 cm³/mol. The van der Waals surface area contributed by atoms with E-state index >= 15 is 0 Å². The molecule has 0 atom stereocenters. The molecule has 0 aliphatic carbocycles. The van der Waals surface area contributed by atoms with Crippen LogP contribution in [-0.2, 0) is 13.0 Å². The fraction of sp³-hybridized carbons (Fsp3) is 0.400. The van der Waals surface area contributed by atoms with E-state index in [1.54, 1.807) is 0 Å². The number of hydrogen-bond donors (Lipinski definition) is 0. The minimum atomic E-state index is 0.511. The van der Waals surface area contributed by atoms with Crippen molar-refractivity contribution < 1.29 is 9.26 Å². The van der Waals surface area contributed by atoms with Gasteiger partial charge in [-0.15, -0.1) is 0 Å². The SMILES string of the molecule is CCCc1cccc(OCc2c(C)noc2C)c1. The first kappa shape index (κ1) is 12.7. The molecule has 1 aromatic heterocycles. The van der Waals surface area contributed by atoms with Gasteiger partial charge >= 0.3 is 0 Å². The van der Waals surface area contributed by atoms with Gasteiger partial charge in [0.25, 0.3) is 0 Å². The van der Waals surface area contributed by atoms with Crippen LogP contribution in [0.2, 0.25) is 0 Å². The van der Waals surface area contributed by atoms with E-state index in [-0.39, 0.29) is 0 Å². The van der Waals surface area contributed by atoms with E-state index in [1.165, 1.54) is 5.56 Å². The maximum atomic E-state index is 5.80. The topological polar surface area (TPSA) is 35.3 Å². The van der Waals surface area contributed by atoms with Crippen molar-refractivity contribution in [1.29, 1.82) is 0 Å². The van der Waals surface area contributed by atoms with Crippen molar-refractivity contribution in [3.05, 3.63) is 46.8 Å². The molecular formula is C15H19NO2. The summed E-state index contributed by atoms with van der Waals surface area (Å²) in [6.45, 7) is 6.53. The maximum absolute atomic E-state index is 5.80. The van der Waals surface area contributed by atoms with Crippen LogP contribution in [0.15, 0.2) is 28.8 Å². The van der Waals surface area contributed by atoms with Gasteiger partial charge in [-0.2, -0.15) is 0 Å². The number of ether oxygens (including phenoxy) is 1. The van der Waals surface area contributed by atoms with Crippen LogP contribution in [0, 0.1) is 13.8 Å². The zero-order valence-electron chi connectivity index (χ0n) is 11.2. The van der Waals surface area contributed by atoms with Crippen LogP contribution in [0.1, 0.15) is 35.9 Å². The highest BCUT2D eigenvalue weighted by molar-refractivity contribution is 5.29. The Balaban J connectivity index is 2.04. The number of aromatic nitrogens is 1. The number of hydrogen-bond acceptors (Lipinski definition) is 3. The zero-order valence-corrected chi connectivity index (χ0v) is 11.2. The molecule has 0 N–H and O–H groups in total. The van der Waals surface area contributed by atoms with Gasteiger partial charge in [-0.1, -0.05) is 30.6 Å². The smallest absolute Gasteiger partial charge is 0.140 e. The lowest BCUT2D eigenvalue weighted by atomic mass is 10.1. The van der Waals surface area contributed by atoms with E-state index < -0.39 is 0 Å². The standard InChI is InChI=1S/C15H19NO2/c1-4-6-13-7-5-8-14(9-13)17-10-15-11(2)16-18-12(15)3/h5,7-9H,4,6,10H2,1-3H3. The summed E-state index contributed by atoms with van der Waals surface area (Å²) in [5, 5.41) is 3.92. The van der Waals surface area contributed by atoms with Gasteiger partial charge in [0.05, 0.1) is 11.3 Å².